The van der Waals surface area contributed by atoms with E-state index in [4.69, 9.17) is 9.15 Å². The first kappa shape index (κ1) is 9.52. The highest BCUT2D eigenvalue weighted by Crippen LogP contribution is 2.16. The molecule has 0 radical (unpaired) electrons. The van der Waals surface area contributed by atoms with Crippen LogP contribution in [0, 0.1) is 0 Å². The Labute approximate surface area is 86.6 Å². The largest absolute Gasteiger partial charge is 0.458 e. The zero-order chi connectivity index (χ0) is 10.7. The van der Waals surface area contributed by atoms with Crippen molar-refractivity contribution in [3.63, 3.8) is 0 Å². The number of rotatable bonds is 2. The van der Waals surface area contributed by atoms with Crippen LogP contribution in [0.5, 0.6) is 5.75 Å². The number of benzene rings is 1. The number of ether oxygens (including phenoxy) is 1. The van der Waals surface area contributed by atoms with Gasteiger partial charge in [-0.05, 0) is 19.1 Å². The molecule has 0 saturated heterocycles. The fourth-order valence-corrected chi connectivity index (χ4v) is 1.27. The van der Waals surface area contributed by atoms with E-state index in [1.165, 1.54) is 6.26 Å². The molecule has 2 rings (SSSR count). The number of hydrogen-bond donors (Lipinski definition) is 0. The topological polar surface area (TPSA) is 39.4 Å². The van der Waals surface area contributed by atoms with Gasteiger partial charge in [0.05, 0.1) is 6.26 Å². The van der Waals surface area contributed by atoms with Gasteiger partial charge in [-0.15, -0.1) is 0 Å². The maximum atomic E-state index is 11.4. The molecule has 3 nitrogen and oxygen atoms in total. The predicted octanol–water partition coefficient (Wildman–Crippen LogP) is 2.71. The van der Waals surface area contributed by atoms with E-state index in [2.05, 4.69) is 0 Å². The summed E-state index contributed by atoms with van der Waals surface area (Å²) in [5, 5.41) is 0.844. The second-order valence-corrected chi connectivity index (χ2v) is 3.02. The SMILES string of the molecule is CC=COc1cc2ccccc2oc1=O. The second kappa shape index (κ2) is 4.00. The maximum absolute atomic E-state index is 11.4. The van der Waals surface area contributed by atoms with E-state index in [1.54, 1.807) is 18.2 Å². The molecule has 0 amide bonds. The molecule has 0 saturated carbocycles. The van der Waals surface area contributed by atoms with Crippen LogP contribution in [-0.2, 0) is 0 Å². The predicted molar refractivity (Wildman–Crippen MR) is 57.9 cm³/mol. The van der Waals surface area contributed by atoms with Gasteiger partial charge in [0.25, 0.3) is 0 Å². The lowest BCUT2D eigenvalue weighted by Crippen LogP contribution is -2.02. The molecule has 3 heteroatoms. The zero-order valence-electron chi connectivity index (χ0n) is 8.27. The van der Waals surface area contributed by atoms with Crippen molar-refractivity contribution >= 4 is 11.0 Å². The molecule has 0 fully saturated rings. The Morgan fingerprint density at radius 2 is 2.13 bits per heavy atom. The summed E-state index contributed by atoms with van der Waals surface area (Å²) in [6.07, 6.45) is 3.15. The average molecular weight is 202 g/mol. The molecule has 0 atom stereocenters. The highest BCUT2D eigenvalue weighted by Gasteiger charge is 2.03. The van der Waals surface area contributed by atoms with Crippen LogP contribution in [0.2, 0.25) is 0 Å². The van der Waals surface area contributed by atoms with Crippen molar-refractivity contribution in [2.75, 3.05) is 0 Å². The summed E-state index contributed by atoms with van der Waals surface area (Å²) < 4.78 is 10.2. The van der Waals surface area contributed by atoms with Gasteiger partial charge in [0, 0.05) is 5.39 Å². The van der Waals surface area contributed by atoms with E-state index >= 15 is 0 Å². The van der Waals surface area contributed by atoms with E-state index in [0.29, 0.717) is 5.58 Å². The zero-order valence-corrected chi connectivity index (χ0v) is 8.27. The Hall–Kier alpha value is -2.03. The Balaban J connectivity index is 2.57. The molecule has 1 aromatic carbocycles. The van der Waals surface area contributed by atoms with Crippen molar-refractivity contribution in [2.24, 2.45) is 0 Å². The van der Waals surface area contributed by atoms with Crippen LogP contribution in [0.15, 0.2) is 51.9 Å². The smallest absolute Gasteiger partial charge is 0.379 e. The molecule has 0 spiro atoms. The summed E-state index contributed by atoms with van der Waals surface area (Å²) in [6.45, 7) is 1.81. The molecular weight excluding hydrogens is 192 g/mol. The van der Waals surface area contributed by atoms with Gasteiger partial charge in [0.15, 0.2) is 0 Å². The van der Waals surface area contributed by atoms with Gasteiger partial charge in [0.1, 0.15) is 5.58 Å². The van der Waals surface area contributed by atoms with Crippen molar-refractivity contribution < 1.29 is 9.15 Å². The fourth-order valence-electron chi connectivity index (χ4n) is 1.27. The number of allylic oxidation sites excluding steroid dienone is 1. The van der Waals surface area contributed by atoms with E-state index in [1.807, 2.05) is 25.1 Å². The molecule has 15 heavy (non-hydrogen) atoms. The quantitative estimate of drug-likeness (QED) is 0.555. The molecular formula is C12H10O3. The van der Waals surface area contributed by atoms with Crippen LogP contribution < -0.4 is 10.4 Å². The van der Waals surface area contributed by atoms with Crippen molar-refractivity contribution in [1.29, 1.82) is 0 Å². The second-order valence-electron chi connectivity index (χ2n) is 3.02. The standard InChI is InChI=1S/C12H10O3/c1-2-7-14-11-8-9-5-3-4-6-10(9)15-12(11)13/h2-8H,1H3. The third kappa shape index (κ3) is 1.91. The van der Waals surface area contributed by atoms with Crippen LogP contribution >= 0.6 is 0 Å². The molecule has 1 aromatic heterocycles. The minimum Gasteiger partial charge on any atom is -0.458 e. The molecule has 2 aromatic rings. The number of fused-ring (bicyclic) bond motifs is 1. The maximum Gasteiger partial charge on any atom is 0.379 e. The van der Waals surface area contributed by atoms with Crippen LogP contribution in [-0.4, -0.2) is 0 Å². The molecule has 0 aliphatic carbocycles. The van der Waals surface area contributed by atoms with Gasteiger partial charge in [-0.2, -0.15) is 0 Å². The Kier molecular flexibility index (Phi) is 2.54. The molecule has 76 valence electrons. The summed E-state index contributed by atoms with van der Waals surface area (Å²) in [7, 11) is 0. The molecule has 1 heterocycles. The normalized spacial score (nSPS) is 11.0. The highest BCUT2D eigenvalue weighted by molar-refractivity contribution is 5.77. The average Bonchev–Trinajstić information content (AvgIpc) is 2.26. The Morgan fingerprint density at radius 1 is 1.33 bits per heavy atom. The Bertz CT molecular complexity index is 552. The number of para-hydroxylation sites is 1. The van der Waals surface area contributed by atoms with Gasteiger partial charge in [-0.1, -0.05) is 24.3 Å². The highest BCUT2D eigenvalue weighted by atomic mass is 16.5. The van der Waals surface area contributed by atoms with Crippen LogP contribution in [0.1, 0.15) is 6.92 Å². The van der Waals surface area contributed by atoms with Crippen molar-refractivity contribution in [3.05, 3.63) is 53.1 Å². The lowest BCUT2D eigenvalue weighted by Gasteiger charge is -1.99. The Morgan fingerprint density at radius 3 is 2.93 bits per heavy atom. The first-order valence-corrected chi connectivity index (χ1v) is 4.62. The van der Waals surface area contributed by atoms with Crippen LogP contribution in [0.3, 0.4) is 0 Å². The number of hydrogen-bond acceptors (Lipinski definition) is 3. The van der Waals surface area contributed by atoms with Crippen LogP contribution in [0.4, 0.5) is 0 Å². The summed E-state index contributed by atoms with van der Waals surface area (Å²) in [4.78, 5) is 11.4. The van der Waals surface area contributed by atoms with E-state index < -0.39 is 5.63 Å². The van der Waals surface area contributed by atoms with Gasteiger partial charge < -0.3 is 9.15 Å². The molecule has 0 unspecified atom stereocenters. The molecule has 0 aliphatic rings. The molecule has 0 N–H and O–H groups in total. The van der Waals surface area contributed by atoms with Gasteiger partial charge in [-0.25, -0.2) is 4.79 Å². The lowest BCUT2D eigenvalue weighted by molar-refractivity contribution is 0.435. The first-order valence-electron chi connectivity index (χ1n) is 4.62. The fraction of sp³-hybridized carbons (Fsp3) is 0.0833. The summed E-state index contributed by atoms with van der Waals surface area (Å²) >= 11 is 0. The summed E-state index contributed by atoms with van der Waals surface area (Å²) in [5.74, 6) is 0.201. The van der Waals surface area contributed by atoms with Crippen molar-refractivity contribution in [2.45, 2.75) is 6.92 Å². The van der Waals surface area contributed by atoms with E-state index in [9.17, 15) is 4.79 Å². The van der Waals surface area contributed by atoms with E-state index in [-0.39, 0.29) is 5.75 Å². The summed E-state index contributed by atoms with van der Waals surface area (Å²) in [5.41, 5.74) is 0.0992. The summed E-state index contributed by atoms with van der Waals surface area (Å²) in [6, 6.07) is 8.97. The lowest BCUT2D eigenvalue weighted by atomic mass is 10.2. The third-order valence-corrected chi connectivity index (χ3v) is 1.94. The van der Waals surface area contributed by atoms with Crippen molar-refractivity contribution in [3.8, 4) is 5.75 Å². The van der Waals surface area contributed by atoms with Gasteiger partial charge in [0.2, 0.25) is 5.75 Å². The van der Waals surface area contributed by atoms with Crippen LogP contribution in [0.25, 0.3) is 11.0 Å². The minimum absolute atomic E-state index is 0.201. The van der Waals surface area contributed by atoms with E-state index in [0.717, 1.165) is 5.39 Å². The molecule has 0 bridgehead atoms. The third-order valence-electron chi connectivity index (χ3n) is 1.94. The minimum atomic E-state index is -0.466. The van der Waals surface area contributed by atoms with Gasteiger partial charge in [-0.3, -0.25) is 0 Å². The monoisotopic (exact) mass is 202 g/mol. The molecule has 0 aliphatic heterocycles. The van der Waals surface area contributed by atoms with Crippen molar-refractivity contribution in [1.82, 2.24) is 0 Å². The first-order chi connectivity index (χ1) is 7.31. The van der Waals surface area contributed by atoms with Gasteiger partial charge >= 0.3 is 5.63 Å².